The van der Waals surface area contributed by atoms with E-state index in [1.165, 1.54) is 19.5 Å². The Labute approximate surface area is 183 Å². The molecule has 166 valence electrons. The van der Waals surface area contributed by atoms with Crippen molar-refractivity contribution in [3.63, 3.8) is 0 Å². The van der Waals surface area contributed by atoms with E-state index in [0.717, 1.165) is 42.4 Å². The minimum absolute atomic E-state index is 0.00547. The highest BCUT2D eigenvalue weighted by Gasteiger charge is 2.21. The molecule has 2 atom stereocenters. The molecular weight excluding hydrogens is 388 g/mol. The first-order valence-corrected chi connectivity index (χ1v) is 11.6. The fraction of sp³-hybridized carbons (Fsp3) is 0.520. The molecule has 4 rings (SSSR count). The number of aromatic nitrogens is 2. The molecule has 2 aromatic heterocycles. The molecule has 0 radical (unpaired) electrons. The predicted octanol–water partition coefficient (Wildman–Crippen LogP) is 3.52. The first-order valence-electron chi connectivity index (χ1n) is 11.6. The summed E-state index contributed by atoms with van der Waals surface area (Å²) in [5.74, 6) is 1.61. The lowest BCUT2D eigenvalue weighted by Crippen LogP contribution is -2.40. The molecule has 0 bridgehead atoms. The molecule has 1 N–H and O–H groups in total. The Kier molecular flexibility index (Phi) is 6.76. The van der Waals surface area contributed by atoms with Crippen LogP contribution in [-0.4, -0.2) is 46.0 Å². The topological polar surface area (TPSA) is 58.8 Å². The van der Waals surface area contributed by atoms with E-state index in [2.05, 4.69) is 24.1 Å². The lowest BCUT2D eigenvalue weighted by molar-refractivity contribution is -0.121. The summed E-state index contributed by atoms with van der Waals surface area (Å²) in [4.78, 5) is 27.7. The van der Waals surface area contributed by atoms with Crippen LogP contribution in [0.4, 0.5) is 0 Å². The van der Waals surface area contributed by atoms with E-state index in [0.29, 0.717) is 24.9 Å². The lowest BCUT2D eigenvalue weighted by atomic mass is 9.92. The zero-order chi connectivity index (χ0) is 21.8. The molecule has 3 heterocycles. The van der Waals surface area contributed by atoms with Crippen molar-refractivity contribution in [1.29, 1.82) is 0 Å². The summed E-state index contributed by atoms with van der Waals surface area (Å²) in [6, 6.07) is 11.7. The molecule has 6 heteroatoms. The number of nitrogens with zero attached hydrogens (tertiary/aromatic N) is 3. The van der Waals surface area contributed by atoms with E-state index in [1.54, 1.807) is 4.57 Å². The summed E-state index contributed by atoms with van der Waals surface area (Å²) in [5, 5.41) is 3.05. The van der Waals surface area contributed by atoms with Gasteiger partial charge in [0.15, 0.2) is 0 Å². The van der Waals surface area contributed by atoms with Gasteiger partial charge in [-0.15, -0.1) is 0 Å². The van der Waals surface area contributed by atoms with E-state index >= 15 is 0 Å². The molecule has 0 unspecified atom stereocenters. The summed E-state index contributed by atoms with van der Waals surface area (Å²) in [7, 11) is 0. The van der Waals surface area contributed by atoms with E-state index < -0.39 is 0 Å². The first-order chi connectivity index (χ1) is 15.0. The number of aryl methyl sites for hydroxylation is 1. The number of carbonyl (C=O) groups excluding carboxylic acids is 1. The van der Waals surface area contributed by atoms with Crippen LogP contribution in [0.3, 0.4) is 0 Å². The third-order valence-corrected chi connectivity index (χ3v) is 6.35. The average molecular weight is 423 g/mol. The van der Waals surface area contributed by atoms with Gasteiger partial charge in [-0.2, -0.15) is 0 Å². The molecule has 31 heavy (non-hydrogen) atoms. The number of hydrogen-bond acceptors (Lipinski definition) is 3. The number of nitrogens with one attached hydrogen (secondary N) is 1. The molecule has 0 aliphatic carbocycles. The lowest BCUT2D eigenvalue weighted by Gasteiger charge is -2.34. The fourth-order valence-corrected chi connectivity index (χ4v) is 5.12. The number of benzene rings is 1. The van der Waals surface area contributed by atoms with E-state index in [9.17, 15) is 9.59 Å². The standard InChI is InChI=1S/C25H34N4O2/c1-19-16-20(2)18-27(17-19)13-7-12-26-24(30)11-6-15-29-22-9-4-3-8-21(22)28-14-5-10-23(28)25(29)31/h3-5,8-10,14,19-20H,6-7,11-13,15-18H2,1-2H3,(H,26,30)/t19-,20+. The van der Waals surface area contributed by atoms with Gasteiger partial charge >= 0.3 is 0 Å². The molecule has 1 fully saturated rings. The molecule has 1 aromatic carbocycles. The molecule has 3 aromatic rings. The van der Waals surface area contributed by atoms with Crippen molar-refractivity contribution in [2.24, 2.45) is 11.8 Å². The predicted molar refractivity (Wildman–Crippen MR) is 125 cm³/mol. The summed E-state index contributed by atoms with van der Waals surface area (Å²) in [5.41, 5.74) is 2.58. The van der Waals surface area contributed by atoms with Crippen LogP contribution in [0.5, 0.6) is 0 Å². The second kappa shape index (κ2) is 9.69. The molecule has 1 saturated heterocycles. The van der Waals surface area contributed by atoms with Gasteiger partial charge in [0.25, 0.3) is 5.56 Å². The minimum atomic E-state index is -0.00547. The van der Waals surface area contributed by atoms with Crippen molar-refractivity contribution in [2.75, 3.05) is 26.2 Å². The SMILES string of the molecule is C[C@@H]1C[C@H](C)CN(CCCNC(=O)CCCn2c(=O)c3cccn3c3ccccc32)C1. The second-order valence-corrected chi connectivity index (χ2v) is 9.22. The quantitative estimate of drug-likeness (QED) is 0.565. The molecule has 0 saturated carbocycles. The van der Waals surface area contributed by atoms with Gasteiger partial charge in [-0.3, -0.25) is 9.59 Å². The third-order valence-electron chi connectivity index (χ3n) is 6.35. The summed E-state index contributed by atoms with van der Waals surface area (Å²) >= 11 is 0. The number of likely N-dealkylation sites (tertiary alicyclic amines) is 1. The van der Waals surface area contributed by atoms with Crippen molar-refractivity contribution in [3.05, 3.63) is 52.9 Å². The maximum atomic E-state index is 12.9. The smallest absolute Gasteiger partial charge is 0.275 e. The molecule has 1 aliphatic heterocycles. The Morgan fingerprint density at radius 2 is 1.68 bits per heavy atom. The summed E-state index contributed by atoms with van der Waals surface area (Å²) in [6.45, 7) is 9.31. The molecule has 1 amide bonds. The van der Waals surface area contributed by atoms with Crippen molar-refractivity contribution in [3.8, 4) is 0 Å². The Bertz CT molecular complexity index is 1090. The first kappa shape index (κ1) is 21.6. The monoisotopic (exact) mass is 422 g/mol. The summed E-state index contributed by atoms with van der Waals surface area (Å²) < 4.78 is 3.74. The third kappa shape index (κ3) is 5.01. The van der Waals surface area contributed by atoms with E-state index in [4.69, 9.17) is 0 Å². The highest BCUT2D eigenvalue weighted by atomic mass is 16.1. The Morgan fingerprint density at radius 3 is 2.45 bits per heavy atom. The molecule has 6 nitrogen and oxygen atoms in total. The number of amides is 1. The van der Waals surface area contributed by atoms with Crippen LogP contribution in [-0.2, 0) is 11.3 Å². The number of rotatable bonds is 8. The number of fused-ring (bicyclic) bond motifs is 3. The maximum absolute atomic E-state index is 12.9. The number of para-hydroxylation sites is 2. The van der Waals surface area contributed by atoms with Gasteiger partial charge in [0, 0.05) is 38.8 Å². The number of carbonyl (C=O) groups is 1. The average Bonchev–Trinajstić information content (AvgIpc) is 3.23. The van der Waals surface area contributed by atoms with Crippen LogP contribution in [0.15, 0.2) is 47.4 Å². The van der Waals surface area contributed by atoms with Crippen molar-refractivity contribution in [1.82, 2.24) is 19.2 Å². The second-order valence-electron chi connectivity index (χ2n) is 9.22. The van der Waals surface area contributed by atoms with Crippen LogP contribution in [0, 0.1) is 11.8 Å². The normalized spacial score (nSPS) is 19.8. The molecular formula is C25H34N4O2. The van der Waals surface area contributed by atoms with Gasteiger partial charge in [0.05, 0.1) is 11.0 Å². The highest BCUT2D eigenvalue weighted by Crippen LogP contribution is 2.20. The van der Waals surface area contributed by atoms with Gasteiger partial charge in [-0.05, 0) is 61.9 Å². The van der Waals surface area contributed by atoms with Gasteiger partial charge in [-0.25, -0.2) is 0 Å². The van der Waals surface area contributed by atoms with Crippen LogP contribution in [0.25, 0.3) is 16.6 Å². The number of hydrogen-bond donors (Lipinski definition) is 1. The Balaban J connectivity index is 1.27. The largest absolute Gasteiger partial charge is 0.356 e. The van der Waals surface area contributed by atoms with Gasteiger partial charge < -0.3 is 19.2 Å². The van der Waals surface area contributed by atoms with Gasteiger partial charge in [-0.1, -0.05) is 26.0 Å². The Morgan fingerprint density at radius 1 is 0.968 bits per heavy atom. The van der Waals surface area contributed by atoms with E-state index in [1.807, 2.05) is 47.0 Å². The highest BCUT2D eigenvalue weighted by molar-refractivity contribution is 5.79. The zero-order valence-electron chi connectivity index (χ0n) is 18.7. The van der Waals surface area contributed by atoms with Crippen LogP contribution in [0.1, 0.15) is 39.5 Å². The van der Waals surface area contributed by atoms with Crippen LogP contribution < -0.4 is 10.9 Å². The molecule has 1 aliphatic rings. The Hall–Kier alpha value is -2.60. The maximum Gasteiger partial charge on any atom is 0.275 e. The molecule has 0 spiro atoms. The van der Waals surface area contributed by atoms with Gasteiger partial charge in [0.2, 0.25) is 5.91 Å². The van der Waals surface area contributed by atoms with Crippen LogP contribution >= 0.6 is 0 Å². The van der Waals surface area contributed by atoms with Crippen molar-refractivity contribution in [2.45, 2.75) is 46.1 Å². The van der Waals surface area contributed by atoms with E-state index in [-0.39, 0.29) is 11.5 Å². The zero-order valence-corrected chi connectivity index (χ0v) is 18.7. The van der Waals surface area contributed by atoms with Crippen molar-refractivity contribution >= 4 is 22.5 Å². The van der Waals surface area contributed by atoms with Crippen LogP contribution in [0.2, 0.25) is 0 Å². The fourth-order valence-electron chi connectivity index (χ4n) is 5.12. The summed E-state index contributed by atoms with van der Waals surface area (Å²) in [6.07, 6.45) is 5.31. The van der Waals surface area contributed by atoms with Gasteiger partial charge in [0.1, 0.15) is 5.52 Å². The van der Waals surface area contributed by atoms with Crippen molar-refractivity contribution < 1.29 is 4.79 Å². The minimum Gasteiger partial charge on any atom is -0.356 e. The number of piperidine rings is 1.